The first-order valence-electron chi connectivity index (χ1n) is 10.1. The van der Waals surface area contributed by atoms with Gasteiger partial charge in [-0.1, -0.05) is 0 Å². The van der Waals surface area contributed by atoms with Gasteiger partial charge in [-0.3, -0.25) is 14.4 Å². The molecule has 0 unspecified atom stereocenters. The third-order valence-corrected chi connectivity index (χ3v) is 6.34. The molecule has 1 amide bonds. The lowest BCUT2D eigenvalue weighted by atomic mass is 9.89. The van der Waals surface area contributed by atoms with Crippen LogP contribution in [0.15, 0.2) is 34.7 Å². The molecule has 0 spiro atoms. The summed E-state index contributed by atoms with van der Waals surface area (Å²) in [6, 6.07) is 3.35. The van der Waals surface area contributed by atoms with E-state index in [1.54, 1.807) is 12.1 Å². The number of hydrogen-bond donors (Lipinski definition) is 1. The Bertz CT molecular complexity index is 1260. The van der Waals surface area contributed by atoms with Crippen LogP contribution in [0.5, 0.6) is 17.2 Å². The first kappa shape index (κ1) is 22.7. The molecule has 10 heteroatoms. The summed E-state index contributed by atoms with van der Waals surface area (Å²) in [6.07, 6.45) is 0. The zero-order chi connectivity index (χ0) is 24.0. The second-order valence-electron chi connectivity index (χ2n) is 7.64. The monoisotopic (exact) mass is 474 g/mol. The summed E-state index contributed by atoms with van der Waals surface area (Å²) in [6.45, 7) is 1.61. The molecule has 0 bridgehead atoms. The van der Waals surface area contributed by atoms with E-state index in [2.05, 4.69) is 4.98 Å². The molecule has 4 rings (SSSR count). The van der Waals surface area contributed by atoms with E-state index in [0.717, 1.165) is 0 Å². The van der Waals surface area contributed by atoms with Crippen LogP contribution in [0, 0.1) is 5.92 Å². The number of methoxy groups -OCH3 is 4. The van der Waals surface area contributed by atoms with Crippen LogP contribution in [0.3, 0.4) is 0 Å². The highest BCUT2D eigenvalue weighted by Crippen LogP contribution is 2.44. The topological polar surface area (TPSA) is 107 Å². The zero-order valence-electron chi connectivity index (χ0n) is 18.8. The largest absolute Gasteiger partial charge is 0.493 e. The van der Waals surface area contributed by atoms with Gasteiger partial charge in [-0.05, 0) is 19.1 Å². The van der Waals surface area contributed by atoms with Crippen LogP contribution in [0.25, 0.3) is 10.9 Å². The fourth-order valence-corrected chi connectivity index (χ4v) is 4.67. The minimum absolute atomic E-state index is 0.0160. The van der Waals surface area contributed by atoms with Crippen molar-refractivity contribution in [1.29, 1.82) is 0 Å². The van der Waals surface area contributed by atoms with E-state index in [4.69, 9.17) is 30.5 Å². The molecule has 33 heavy (non-hydrogen) atoms. The van der Waals surface area contributed by atoms with Crippen LogP contribution in [-0.2, 0) is 14.3 Å². The maximum Gasteiger partial charge on any atom is 0.274 e. The number of hydrogen-bond acceptors (Lipinski definition) is 7. The van der Waals surface area contributed by atoms with Crippen LogP contribution in [0.1, 0.15) is 17.4 Å². The van der Waals surface area contributed by atoms with Crippen molar-refractivity contribution in [3.05, 3.63) is 40.4 Å². The lowest BCUT2D eigenvalue weighted by Gasteiger charge is -2.22. The Balaban J connectivity index is 1.82. The summed E-state index contributed by atoms with van der Waals surface area (Å²) in [5, 5.41) is 0.652. The SMILES string of the molecule is COC1=C(C)C(=O)C2=C(C1=O)[C@H](CCl)CN2C(=O)c1cc2cc(OC)c(OC)c(OC)c2[nH]1. The standard InChI is InChI=1S/C23H23ClN2O7/c1-10-18(27)17-15(19(28)20(10)31-3)12(8-24)9-26(17)23(29)13-6-11-7-14(30-2)21(32-4)22(33-5)16(11)25-13/h6-7,12,25H,8-9H2,1-5H3/t12-/m1/s1. The average molecular weight is 475 g/mol. The summed E-state index contributed by atoms with van der Waals surface area (Å²) < 4.78 is 21.4. The second kappa shape index (κ2) is 8.47. The van der Waals surface area contributed by atoms with Gasteiger partial charge in [0.05, 0.1) is 39.7 Å². The summed E-state index contributed by atoms with van der Waals surface area (Å²) in [5.41, 5.74) is 1.16. The molecular weight excluding hydrogens is 452 g/mol. The van der Waals surface area contributed by atoms with Crippen LogP contribution in [0.4, 0.5) is 0 Å². The maximum atomic E-state index is 13.6. The van der Waals surface area contributed by atoms with Gasteiger partial charge in [0.25, 0.3) is 5.91 Å². The highest BCUT2D eigenvalue weighted by molar-refractivity contribution is 6.27. The number of aromatic nitrogens is 1. The molecule has 1 aliphatic carbocycles. The fourth-order valence-electron chi connectivity index (χ4n) is 4.41. The van der Waals surface area contributed by atoms with Crippen LogP contribution < -0.4 is 14.2 Å². The molecule has 0 saturated carbocycles. The number of carbonyl (C=O) groups is 3. The number of amides is 1. The average Bonchev–Trinajstić information content (AvgIpc) is 3.43. The van der Waals surface area contributed by atoms with Gasteiger partial charge in [-0.15, -0.1) is 11.6 Å². The Morgan fingerprint density at radius 3 is 2.33 bits per heavy atom. The number of benzene rings is 1. The maximum absolute atomic E-state index is 13.6. The highest BCUT2D eigenvalue weighted by atomic mass is 35.5. The number of ketones is 2. The fraction of sp³-hybridized carbons (Fsp3) is 0.348. The lowest BCUT2D eigenvalue weighted by Crippen LogP contribution is -2.34. The molecule has 1 N–H and O–H groups in total. The zero-order valence-corrected chi connectivity index (χ0v) is 19.6. The normalized spacial score (nSPS) is 18.2. The van der Waals surface area contributed by atoms with Gasteiger partial charge in [0.15, 0.2) is 17.3 Å². The summed E-state index contributed by atoms with van der Waals surface area (Å²) in [5.74, 6) is -0.557. The van der Waals surface area contributed by atoms with E-state index in [1.807, 2.05) is 0 Å². The molecule has 9 nitrogen and oxygen atoms in total. The molecular formula is C23H23ClN2O7. The summed E-state index contributed by atoms with van der Waals surface area (Å²) in [4.78, 5) is 44.0. The Morgan fingerprint density at radius 1 is 1.06 bits per heavy atom. The summed E-state index contributed by atoms with van der Waals surface area (Å²) >= 11 is 6.11. The number of halogens is 1. The Kier molecular flexibility index (Phi) is 5.84. The first-order valence-corrected chi connectivity index (χ1v) is 10.6. The highest BCUT2D eigenvalue weighted by Gasteiger charge is 2.46. The number of allylic oxidation sites excluding steroid dienone is 2. The molecule has 0 saturated heterocycles. The quantitative estimate of drug-likeness (QED) is 0.506. The molecule has 0 radical (unpaired) electrons. The molecule has 1 aromatic carbocycles. The van der Waals surface area contributed by atoms with Crippen LogP contribution in [-0.4, -0.2) is 68.2 Å². The van der Waals surface area contributed by atoms with E-state index in [1.165, 1.54) is 40.3 Å². The number of ether oxygens (including phenoxy) is 4. The van der Waals surface area contributed by atoms with Crippen LogP contribution in [0.2, 0.25) is 0 Å². The van der Waals surface area contributed by atoms with Gasteiger partial charge in [0.1, 0.15) is 5.69 Å². The van der Waals surface area contributed by atoms with Gasteiger partial charge in [-0.2, -0.15) is 0 Å². The predicted molar refractivity (Wildman–Crippen MR) is 120 cm³/mol. The van der Waals surface area contributed by atoms with E-state index < -0.39 is 23.4 Å². The van der Waals surface area contributed by atoms with Crippen molar-refractivity contribution < 1.29 is 33.3 Å². The van der Waals surface area contributed by atoms with E-state index in [9.17, 15) is 14.4 Å². The van der Waals surface area contributed by atoms with Gasteiger partial charge in [0, 0.05) is 34.9 Å². The number of rotatable bonds is 6. The lowest BCUT2D eigenvalue weighted by molar-refractivity contribution is -0.119. The van der Waals surface area contributed by atoms with Gasteiger partial charge in [-0.25, -0.2) is 0 Å². The molecule has 174 valence electrons. The van der Waals surface area contributed by atoms with Crippen molar-refractivity contribution in [3.63, 3.8) is 0 Å². The number of alkyl halides is 1. The van der Waals surface area contributed by atoms with Crippen LogP contribution >= 0.6 is 11.6 Å². The number of nitrogens with zero attached hydrogens (tertiary/aromatic N) is 1. The van der Waals surface area contributed by atoms with Crippen molar-refractivity contribution in [2.45, 2.75) is 6.92 Å². The number of H-pyrrole nitrogens is 1. The number of carbonyl (C=O) groups excluding carboxylic acids is 3. The molecule has 2 aromatic rings. The van der Waals surface area contributed by atoms with Gasteiger partial charge < -0.3 is 28.8 Å². The minimum Gasteiger partial charge on any atom is -0.493 e. The van der Waals surface area contributed by atoms with Crippen molar-refractivity contribution in [3.8, 4) is 17.2 Å². The smallest absolute Gasteiger partial charge is 0.274 e. The molecule has 0 fully saturated rings. The first-order chi connectivity index (χ1) is 15.8. The second-order valence-corrected chi connectivity index (χ2v) is 7.95. The Hall–Kier alpha value is -3.46. The summed E-state index contributed by atoms with van der Waals surface area (Å²) in [7, 11) is 5.81. The molecule has 1 aliphatic heterocycles. The number of aromatic amines is 1. The van der Waals surface area contributed by atoms with Crippen molar-refractivity contribution in [1.82, 2.24) is 9.88 Å². The number of Topliss-reactive ketones (excluding diaryl/α,β-unsaturated/α-hetero) is 2. The van der Waals surface area contributed by atoms with Gasteiger partial charge >= 0.3 is 0 Å². The third-order valence-electron chi connectivity index (χ3n) is 5.97. The molecule has 2 heterocycles. The Morgan fingerprint density at radius 2 is 1.76 bits per heavy atom. The minimum atomic E-state index is -0.487. The van der Waals surface area contributed by atoms with E-state index in [0.29, 0.717) is 28.2 Å². The van der Waals surface area contributed by atoms with Crippen molar-refractivity contribution >= 4 is 40.0 Å². The molecule has 1 atom stereocenters. The van der Waals surface area contributed by atoms with E-state index in [-0.39, 0.29) is 40.7 Å². The molecule has 1 aromatic heterocycles. The van der Waals surface area contributed by atoms with Crippen molar-refractivity contribution in [2.75, 3.05) is 40.9 Å². The van der Waals surface area contributed by atoms with E-state index >= 15 is 0 Å². The number of fused-ring (bicyclic) bond motifs is 1. The predicted octanol–water partition coefficient (Wildman–Crippen LogP) is 2.83. The number of nitrogens with one attached hydrogen (secondary N) is 1. The van der Waals surface area contributed by atoms with Crippen molar-refractivity contribution in [2.24, 2.45) is 5.92 Å². The third kappa shape index (κ3) is 3.26. The Labute approximate surface area is 194 Å². The molecule has 2 aliphatic rings. The van der Waals surface area contributed by atoms with Gasteiger partial charge in [0.2, 0.25) is 17.3 Å².